The summed E-state index contributed by atoms with van der Waals surface area (Å²) in [6.07, 6.45) is 1.09. The zero-order valence-electron chi connectivity index (χ0n) is 9.71. The van der Waals surface area contributed by atoms with Crippen molar-refractivity contribution < 1.29 is 18.3 Å². The molecule has 0 saturated carbocycles. The first-order valence-electron chi connectivity index (χ1n) is 5.08. The zero-order valence-corrected chi connectivity index (χ0v) is 12.1. The molecule has 0 fully saturated rings. The third-order valence-corrected chi connectivity index (χ3v) is 4.24. The van der Waals surface area contributed by atoms with Gasteiger partial charge in [-0.15, -0.1) is 0 Å². The lowest BCUT2D eigenvalue weighted by Gasteiger charge is -2.07. The van der Waals surface area contributed by atoms with E-state index in [-0.39, 0.29) is 16.3 Å². The predicted molar refractivity (Wildman–Crippen MR) is 71.8 cm³/mol. The molecule has 0 atom stereocenters. The number of aromatic nitrogens is 2. The van der Waals surface area contributed by atoms with Crippen molar-refractivity contribution in [2.24, 2.45) is 0 Å². The molecule has 19 heavy (non-hydrogen) atoms. The van der Waals surface area contributed by atoms with Crippen LogP contribution < -0.4 is 0 Å². The molecule has 8 heteroatoms. The molecule has 2 rings (SSSR count). The van der Waals surface area contributed by atoms with Crippen LogP contribution >= 0.6 is 15.9 Å². The molecule has 2 aromatic rings. The molecule has 1 aromatic carbocycles. The first kappa shape index (κ1) is 13.8. The number of carbonyl (C=O) groups is 1. The molecule has 0 aliphatic rings. The van der Waals surface area contributed by atoms with Crippen molar-refractivity contribution in [2.75, 3.05) is 6.26 Å². The second-order valence-electron chi connectivity index (χ2n) is 3.86. The topological polar surface area (TPSA) is 100 Å². The fraction of sp³-hybridized carbons (Fsp3) is 0.0909. The molecule has 0 saturated heterocycles. The van der Waals surface area contributed by atoms with E-state index < -0.39 is 15.8 Å². The number of H-pyrrole nitrogens is 1. The molecule has 2 N–H and O–H groups in total. The number of hydrogen-bond donors (Lipinski definition) is 2. The van der Waals surface area contributed by atoms with E-state index in [0.717, 1.165) is 6.26 Å². The summed E-state index contributed by atoms with van der Waals surface area (Å²) in [6.45, 7) is 0. The molecule has 1 aromatic heterocycles. The quantitative estimate of drug-likeness (QED) is 0.886. The van der Waals surface area contributed by atoms with Gasteiger partial charge in [-0.05, 0) is 18.2 Å². The van der Waals surface area contributed by atoms with Gasteiger partial charge < -0.3 is 5.11 Å². The monoisotopic (exact) mass is 344 g/mol. The Hall–Kier alpha value is -1.67. The molecule has 1 heterocycles. The zero-order chi connectivity index (χ0) is 14.2. The lowest BCUT2D eigenvalue weighted by molar-refractivity contribution is 0.0690. The van der Waals surface area contributed by atoms with Crippen LogP contribution in [0.25, 0.3) is 11.3 Å². The van der Waals surface area contributed by atoms with Crippen molar-refractivity contribution in [1.29, 1.82) is 0 Å². The van der Waals surface area contributed by atoms with Crippen molar-refractivity contribution in [3.8, 4) is 11.3 Å². The number of aromatic amines is 1. The van der Waals surface area contributed by atoms with Crippen LogP contribution in [0, 0.1) is 0 Å². The Morgan fingerprint density at radius 3 is 2.63 bits per heavy atom. The van der Waals surface area contributed by atoms with Crippen molar-refractivity contribution in [2.45, 2.75) is 4.90 Å². The van der Waals surface area contributed by atoms with Crippen LogP contribution in [-0.2, 0) is 9.84 Å². The second kappa shape index (κ2) is 4.78. The van der Waals surface area contributed by atoms with Crippen molar-refractivity contribution >= 4 is 31.7 Å². The van der Waals surface area contributed by atoms with Crippen molar-refractivity contribution in [3.63, 3.8) is 0 Å². The molecule has 0 aliphatic carbocycles. The molecule has 0 amide bonds. The summed E-state index contributed by atoms with van der Waals surface area (Å²) >= 11 is 3.26. The Balaban J connectivity index is 2.70. The highest BCUT2D eigenvalue weighted by Gasteiger charge is 2.20. The van der Waals surface area contributed by atoms with Gasteiger partial charge in [0.05, 0.1) is 10.6 Å². The van der Waals surface area contributed by atoms with E-state index in [4.69, 9.17) is 5.11 Å². The summed E-state index contributed by atoms with van der Waals surface area (Å²) < 4.78 is 24.0. The Kier molecular flexibility index (Phi) is 3.46. The second-order valence-corrected chi connectivity index (χ2v) is 6.70. The van der Waals surface area contributed by atoms with Gasteiger partial charge in [-0.3, -0.25) is 5.10 Å². The number of nitrogens with one attached hydrogen (secondary N) is 1. The molecule has 0 radical (unpaired) electrons. The van der Waals surface area contributed by atoms with Crippen LogP contribution in [0.2, 0.25) is 0 Å². The smallest absolute Gasteiger partial charge is 0.353 e. The minimum Gasteiger partial charge on any atom is -0.477 e. The van der Waals surface area contributed by atoms with Gasteiger partial charge in [0.2, 0.25) is 0 Å². The van der Waals surface area contributed by atoms with E-state index in [0.29, 0.717) is 10.0 Å². The number of hydrogen-bond acceptors (Lipinski definition) is 4. The van der Waals surface area contributed by atoms with Crippen LogP contribution in [0.1, 0.15) is 10.5 Å². The van der Waals surface area contributed by atoms with Gasteiger partial charge in [0, 0.05) is 16.3 Å². The van der Waals surface area contributed by atoms with E-state index in [9.17, 15) is 13.2 Å². The number of carboxylic acids is 1. The lowest BCUT2D eigenvalue weighted by Crippen LogP contribution is -2.00. The fourth-order valence-electron chi connectivity index (χ4n) is 1.62. The summed E-state index contributed by atoms with van der Waals surface area (Å²) in [5.41, 5.74) is 0.490. The molecule has 6 nitrogen and oxygen atoms in total. The van der Waals surface area contributed by atoms with E-state index in [2.05, 4.69) is 26.1 Å². The number of rotatable bonds is 3. The number of aromatic carboxylic acids is 1. The highest BCUT2D eigenvalue weighted by molar-refractivity contribution is 9.10. The maximum absolute atomic E-state index is 11.7. The molecular weight excluding hydrogens is 336 g/mol. The molecule has 0 aliphatic heterocycles. The molecule has 100 valence electrons. The number of sulfone groups is 1. The molecule has 0 unspecified atom stereocenters. The standard InChI is InChI=1S/C11H9BrN2O4S/c1-19(17,18)9-4-2-3-6(12)10(9)7-5-8(11(15)16)14-13-7/h2-5H,1H3,(H,13,14)(H,15,16). The van der Waals surface area contributed by atoms with Crippen LogP contribution in [0.4, 0.5) is 0 Å². The fourth-order valence-corrected chi connectivity index (χ4v) is 3.23. The van der Waals surface area contributed by atoms with Gasteiger partial charge in [0.1, 0.15) is 5.69 Å². The molecule has 0 bridgehead atoms. The summed E-state index contributed by atoms with van der Waals surface area (Å²) in [4.78, 5) is 10.9. The van der Waals surface area contributed by atoms with Gasteiger partial charge in [0.25, 0.3) is 0 Å². The third kappa shape index (κ3) is 2.69. The van der Waals surface area contributed by atoms with E-state index in [1.807, 2.05) is 0 Å². The first-order valence-corrected chi connectivity index (χ1v) is 7.77. The third-order valence-electron chi connectivity index (χ3n) is 2.44. The predicted octanol–water partition coefficient (Wildman–Crippen LogP) is 1.94. The highest BCUT2D eigenvalue weighted by Crippen LogP contribution is 2.33. The maximum atomic E-state index is 11.7. The Bertz CT molecular complexity index is 752. The van der Waals surface area contributed by atoms with E-state index >= 15 is 0 Å². The van der Waals surface area contributed by atoms with Crippen molar-refractivity contribution in [3.05, 3.63) is 34.4 Å². The Morgan fingerprint density at radius 2 is 2.11 bits per heavy atom. The Labute approximate surface area is 117 Å². The van der Waals surface area contributed by atoms with Crippen LogP contribution in [0.5, 0.6) is 0 Å². The minimum atomic E-state index is -3.45. The first-order chi connectivity index (χ1) is 8.80. The molecule has 0 spiro atoms. The van der Waals surface area contributed by atoms with Crippen molar-refractivity contribution in [1.82, 2.24) is 10.2 Å². The number of halogens is 1. The van der Waals surface area contributed by atoms with Gasteiger partial charge >= 0.3 is 5.97 Å². The van der Waals surface area contributed by atoms with E-state index in [1.54, 1.807) is 12.1 Å². The average molecular weight is 345 g/mol. The summed E-state index contributed by atoms with van der Waals surface area (Å²) in [6, 6.07) is 6.00. The SMILES string of the molecule is CS(=O)(=O)c1cccc(Br)c1-c1cc(C(=O)O)[nH]n1. The average Bonchev–Trinajstić information content (AvgIpc) is 2.76. The van der Waals surface area contributed by atoms with Crippen LogP contribution in [0.3, 0.4) is 0 Å². The Morgan fingerprint density at radius 1 is 1.42 bits per heavy atom. The van der Waals surface area contributed by atoms with Gasteiger partial charge in [-0.2, -0.15) is 5.10 Å². The summed E-state index contributed by atoms with van der Waals surface area (Å²) in [5, 5.41) is 15.0. The largest absolute Gasteiger partial charge is 0.477 e. The number of carboxylic acid groups (broad SMARTS) is 1. The van der Waals surface area contributed by atoms with Gasteiger partial charge in [-0.25, -0.2) is 13.2 Å². The number of nitrogens with zero attached hydrogens (tertiary/aromatic N) is 1. The van der Waals surface area contributed by atoms with Crippen LogP contribution in [0.15, 0.2) is 33.6 Å². The molecular formula is C11H9BrN2O4S. The van der Waals surface area contributed by atoms with Crippen LogP contribution in [-0.4, -0.2) is 35.9 Å². The van der Waals surface area contributed by atoms with Gasteiger partial charge in [0.15, 0.2) is 9.84 Å². The normalized spacial score (nSPS) is 11.5. The number of benzene rings is 1. The minimum absolute atomic E-state index is 0.0883. The highest BCUT2D eigenvalue weighted by atomic mass is 79.9. The maximum Gasteiger partial charge on any atom is 0.353 e. The van der Waals surface area contributed by atoms with E-state index in [1.165, 1.54) is 12.1 Å². The summed E-state index contributed by atoms with van der Waals surface area (Å²) in [5.74, 6) is -1.16. The lowest BCUT2D eigenvalue weighted by atomic mass is 10.1. The summed E-state index contributed by atoms with van der Waals surface area (Å²) in [7, 11) is -3.45. The van der Waals surface area contributed by atoms with Gasteiger partial charge in [-0.1, -0.05) is 22.0 Å².